The van der Waals surface area contributed by atoms with Crippen molar-refractivity contribution in [3.8, 4) is 33.5 Å². The van der Waals surface area contributed by atoms with Crippen molar-refractivity contribution in [2.24, 2.45) is 0 Å². The number of benzene rings is 5. The highest BCUT2D eigenvalue weighted by molar-refractivity contribution is 6.12. The van der Waals surface area contributed by atoms with Gasteiger partial charge in [0.2, 0.25) is 0 Å². The number of aryl methyl sites for hydroxylation is 1. The Hall–Kier alpha value is -6.38. The van der Waals surface area contributed by atoms with Crippen molar-refractivity contribution in [2.75, 3.05) is 0 Å². The average molecular weight is 691 g/mol. The van der Waals surface area contributed by atoms with E-state index in [1.807, 2.05) is 94.6 Å². The van der Waals surface area contributed by atoms with Crippen molar-refractivity contribution >= 4 is 45.5 Å². The largest absolute Gasteiger partial charge is 0.309 e. The van der Waals surface area contributed by atoms with Gasteiger partial charge in [-0.2, -0.15) is 0 Å². The first-order valence-corrected chi connectivity index (χ1v) is 18.0. The molecule has 0 unspecified atom stereocenters. The zero-order chi connectivity index (χ0) is 38.2. The minimum absolute atomic E-state index is 0.864. The Bertz CT molecular complexity index is 2330. The Kier molecular flexibility index (Phi) is 14.8. The number of aromatic nitrogens is 1. The van der Waals surface area contributed by atoms with Crippen molar-refractivity contribution in [1.29, 1.82) is 5.41 Å². The van der Waals surface area contributed by atoms with Crippen molar-refractivity contribution in [2.45, 2.75) is 34.6 Å². The van der Waals surface area contributed by atoms with Crippen LogP contribution >= 0.6 is 0 Å². The van der Waals surface area contributed by atoms with E-state index in [2.05, 4.69) is 112 Å². The lowest BCUT2D eigenvalue weighted by atomic mass is 9.83. The summed E-state index contributed by atoms with van der Waals surface area (Å²) < 4.78 is 0. The van der Waals surface area contributed by atoms with Gasteiger partial charge in [0.1, 0.15) is 0 Å². The van der Waals surface area contributed by atoms with Gasteiger partial charge in [-0.15, -0.1) is 0 Å². The number of nitrogens with zero attached hydrogens (tertiary/aromatic N) is 1. The molecule has 0 amide bonds. The predicted octanol–water partition coefficient (Wildman–Crippen LogP) is 14.9. The minimum Gasteiger partial charge on any atom is -0.309 e. The van der Waals surface area contributed by atoms with Gasteiger partial charge in [-0.3, -0.25) is 4.98 Å². The molecule has 1 N–H and O–H groups in total. The van der Waals surface area contributed by atoms with Crippen LogP contribution < -0.4 is 0 Å². The van der Waals surface area contributed by atoms with E-state index < -0.39 is 0 Å². The number of fused-ring (bicyclic) bond motifs is 2. The molecule has 6 aromatic rings. The first-order valence-electron chi connectivity index (χ1n) is 18.0. The number of hydrogen-bond acceptors (Lipinski definition) is 2. The third-order valence-corrected chi connectivity index (χ3v) is 8.84. The number of rotatable bonds is 9. The van der Waals surface area contributed by atoms with Gasteiger partial charge < -0.3 is 5.41 Å². The van der Waals surface area contributed by atoms with E-state index in [9.17, 15) is 0 Å². The first-order chi connectivity index (χ1) is 25.9. The van der Waals surface area contributed by atoms with Crippen LogP contribution in [0.1, 0.15) is 49.9 Å². The number of hydrogen-bond donors (Lipinski definition) is 1. The molecule has 0 aliphatic carbocycles. The number of pyridine rings is 1. The van der Waals surface area contributed by atoms with E-state index in [0.29, 0.717) is 0 Å². The maximum absolute atomic E-state index is 7.41. The summed E-state index contributed by atoms with van der Waals surface area (Å²) in [5.41, 5.74) is 11.6. The normalized spacial score (nSPS) is 11.3. The monoisotopic (exact) mass is 690 g/mol. The second-order valence-electron chi connectivity index (χ2n) is 12.3. The molecule has 2 heteroatoms. The van der Waals surface area contributed by atoms with Crippen LogP contribution in [-0.4, -0.2) is 11.2 Å². The van der Waals surface area contributed by atoms with Gasteiger partial charge >= 0.3 is 0 Å². The fraction of sp³-hybridized carbons (Fsp3) is 0.0980. The second kappa shape index (κ2) is 19.9. The van der Waals surface area contributed by atoms with Gasteiger partial charge in [0, 0.05) is 23.5 Å². The highest BCUT2D eigenvalue weighted by Crippen LogP contribution is 2.44. The summed E-state index contributed by atoms with van der Waals surface area (Å²) in [6.45, 7) is 22.5. The Labute approximate surface area is 316 Å². The molecule has 0 fully saturated rings. The zero-order valence-electron chi connectivity index (χ0n) is 31.7. The van der Waals surface area contributed by atoms with Gasteiger partial charge in [0.15, 0.2) is 0 Å². The van der Waals surface area contributed by atoms with Crippen LogP contribution in [0.4, 0.5) is 0 Å². The van der Waals surface area contributed by atoms with Crippen molar-refractivity contribution in [1.82, 2.24) is 4.98 Å². The molecule has 0 aliphatic rings. The van der Waals surface area contributed by atoms with Crippen LogP contribution in [0.2, 0.25) is 0 Å². The van der Waals surface area contributed by atoms with Crippen LogP contribution in [0.15, 0.2) is 172 Å². The molecule has 0 aliphatic heterocycles. The van der Waals surface area contributed by atoms with Crippen molar-refractivity contribution < 1.29 is 0 Å². The van der Waals surface area contributed by atoms with Gasteiger partial charge in [0.05, 0.1) is 5.69 Å². The highest BCUT2D eigenvalue weighted by atomic mass is 14.7. The summed E-state index contributed by atoms with van der Waals surface area (Å²) >= 11 is 0. The quantitative estimate of drug-likeness (QED) is 0.0915. The third kappa shape index (κ3) is 9.49. The average Bonchev–Trinajstić information content (AvgIpc) is 3.21. The zero-order valence-corrected chi connectivity index (χ0v) is 31.7. The molecule has 53 heavy (non-hydrogen) atoms. The summed E-state index contributed by atoms with van der Waals surface area (Å²) in [7, 11) is 0. The SMILES string of the molecule is C/C=C\C.C/C=C\C=C/C.C=C/C(=C\C=N)c1ccc(-c2cccc(-c3c(C=C)c(C=C)c(-c4ccc5cc(C)ccc5c4)c4ccccc34)c2)nc1. The van der Waals surface area contributed by atoms with Crippen LogP contribution in [0.25, 0.3) is 72.8 Å². The molecule has 264 valence electrons. The Morgan fingerprint density at radius 1 is 0.604 bits per heavy atom. The summed E-state index contributed by atoms with van der Waals surface area (Å²) in [6.07, 6.45) is 22.5. The molecule has 1 heterocycles. The standard InChI is InChI=1S/C41H32N2.C6H10.C4H8/c1-5-28(21-22-42)34-19-20-39(43-26-34)31-11-10-12-32(25-31)40-35(6-2)36(7-3)41(38-14-9-8-13-37(38)40)33-18-17-29-23-27(4)15-16-30(29)24-33;1-3-5-6-4-2;1-3-4-2/h5-26,42H,1-3H2,4H3;3-6H,1-2H3;3-4H,1-2H3/b28-21+,42-22?;5-3-,6-4-;4-3-. The topological polar surface area (TPSA) is 36.7 Å². The van der Waals surface area contributed by atoms with Crippen LogP contribution in [0.5, 0.6) is 0 Å². The molecule has 0 bridgehead atoms. The summed E-state index contributed by atoms with van der Waals surface area (Å²) in [4.78, 5) is 4.76. The van der Waals surface area contributed by atoms with Crippen LogP contribution in [-0.2, 0) is 0 Å². The molecule has 0 saturated carbocycles. The van der Waals surface area contributed by atoms with E-state index in [1.165, 1.54) is 27.9 Å². The third-order valence-electron chi connectivity index (χ3n) is 8.84. The van der Waals surface area contributed by atoms with E-state index in [-0.39, 0.29) is 0 Å². The molecule has 6 rings (SSSR count). The van der Waals surface area contributed by atoms with Crippen LogP contribution in [0, 0.1) is 12.3 Å². The molecule has 0 saturated heterocycles. The molecule has 5 aromatic carbocycles. The number of nitrogens with one attached hydrogen (secondary N) is 1. The van der Waals surface area contributed by atoms with Crippen LogP contribution in [0.3, 0.4) is 0 Å². The molecule has 2 nitrogen and oxygen atoms in total. The smallest absolute Gasteiger partial charge is 0.0702 e. The maximum Gasteiger partial charge on any atom is 0.0702 e. The summed E-state index contributed by atoms with van der Waals surface area (Å²) in [5, 5.41) is 12.2. The van der Waals surface area contributed by atoms with Gasteiger partial charge in [-0.05, 0) is 119 Å². The lowest BCUT2D eigenvalue weighted by Crippen LogP contribution is -1.96. The fourth-order valence-electron chi connectivity index (χ4n) is 6.21. The van der Waals surface area contributed by atoms with E-state index in [1.54, 1.807) is 12.2 Å². The maximum atomic E-state index is 7.41. The summed E-state index contributed by atoms with van der Waals surface area (Å²) in [6, 6.07) is 34.5. The van der Waals surface area contributed by atoms with E-state index in [0.717, 1.165) is 61.2 Å². The Morgan fingerprint density at radius 2 is 1.19 bits per heavy atom. The molecular formula is C51H50N2. The van der Waals surface area contributed by atoms with Crippen molar-refractivity contribution in [3.05, 3.63) is 194 Å². The molecule has 0 radical (unpaired) electrons. The van der Waals surface area contributed by atoms with Crippen molar-refractivity contribution in [3.63, 3.8) is 0 Å². The molecule has 0 atom stereocenters. The van der Waals surface area contributed by atoms with Gasteiger partial charge in [-0.25, -0.2) is 0 Å². The second-order valence-corrected chi connectivity index (χ2v) is 12.3. The van der Waals surface area contributed by atoms with E-state index >= 15 is 0 Å². The number of allylic oxidation sites excluding steroid dienone is 9. The minimum atomic E-state index is 0.864. The Morgan fingerprint density at radius 3 is 1.72 bits per heavy atom. The molecular weight excluding hydrogens is 641 g/mol. The Balaban J connectivity index is 0.000000556. The molecule has 0 spiro atoms. The first kappa shape index (κ1) is 39.4. The van der Waals surface area contributed by atoms with Gasteiger partial charge in [0.25, 0.3) is 0 Å². The fourth-order valence-corrected chi connectivity index (χ4v) is 6.21. The van der Waals surface area contributed by atoms with E-state index in [4.69, 9.17) is 10.4 Å². The predicted molar refractivity (Wildman–Crippen MR) is 238 cm³/mol. The highest BCUT2D eigenvalue weighted by Gasteiger charge is 2.19. The lowest BCUT2D eigenvalue weighted by molar-refractivity contribution is 1.31. The summed E-state index contributed by atoms with van der Waals surface area (Å²) in [5.74, 6) is 0. The van der Waals surface area contributed by atoms with Gasteiger partial charge in [-0.1, -0.05) is 159 Å². The molecule has 1 aromatic heterocycles. The lowest BCUT2D eigenvalue weighted by Gasteiger charge is -2.21.